The van der Waals surface area contributed by atoms with Crippen LogP contribution in [0.4, 0.5) is 0 Å². The van der Waals surface area contributed by atoms with Crippen LogP contribution in [-0.2, 0) is 0 Å². The largest absolute Gasteiger partial charge is 0.0693 e. The van der Waals surface area contributed by atoms with Gasteiger partial charge in [-0.1, -0.05) is 45.3 Å². The molecule has 0 nitrogen and oxygen atoms in total. The van der Waals surface area contributed by atoms with E-state index in [1.54, 1.807) is 0 Å². The van der Waals surface area contributed by atoms with Crippen LogP contribution in [0, 0.1) is 0 Å². The van der Waals surface area contributed by atoms with Crippen LogP contribution in [0.25, 0.3) is 0 Å². The van der Waals surface area contributed by atoms with Gasteiger partial charge in [0, 0.05) is 9.44 Å². The molecular weight excluding hydrogens is 124 g/mol. The summed E-state index contributed by atoms with van der Waals surface area (Å²) in [6.45, 7) is 6.97. The van der Waals surface area contributed by atoms with Crippen LogP contribution in [0.5, 0.6) is 0 Å². The minimum Gasteiger partial charge on any atom is -0.0693 e. The lowest BCUT2D eigenvalue weighted by molar-refractivity contribution is 0.839. The van der Waals surface area contributed by atoms with Gasteiger partial charge >= 0.3 is 0 Å². The van der Waals surface area contributed by atoms with Crippen molar-refractivity contribution in [2.24, 2.45) is 0 Å². The summed E-state index contributed by atoms with van der Waals surface area (Å²) in [7, 11) is -1.18. The molecule has 1 aliphatic carbocycles. The summed E-state index contributed by atoms with van der Waals surface area (Å²) in [4.78, 5) is 0. The van der Waals surface area contributed by atoms with Crippen molar-refractivity contribution in [1.29, 1.82) is 0 Å². The molecule has 0 atom stereocenters. The Morgan fingerprint density at radius 2 is 1.67 bits per heavy atom. The summed E-state index contributed by atoms with van der Waals surface area (Å²) in [5, 5.41) is 0. The zero-order valence-electron chi connectivity index (χ0n) is 7.83. The molecule has 0 aromatic carbocycles. The van der Waals surface area contributed by atoms with E-state index in [0.29, 0.717) is 0 Å². The van der Waals surface area contributed by atoms with Crippen molar-refractivity contribution < 1.29 is 1.37 Å². The normalized spacial score (nSPS) is 28.1. The van der Waals surface area contributed by atoms with E-state index in [2.05, 4.69) is 19.6 Å². The first kappa shape index (κ1) is 5.96. The van der Waals surface area contributed by atoms with E-state index in [9.17, 15) is 0 Å². The fraction of sp³-hybridized carbons (Fsp3) is 1.00. The second-order valence-electron chi connectivity index (χ2n) is 4.06. The van der Waals surface area contributed by atoms with Crippen molar-refractivity contribution in [3.8, 4) is 0 Å². The number of hydrogen-bond donors (Lipinski definition) is 0. The summed E-state index contributed by atoms with van der Waals surface area (Å²) < 4.78 is 8.19. The van der Waals surface area contributed by atoms with Crippen LogP contribution in [0.1, 0.15) is 27.1 Å². The van der Waals surface area contributed by atoms with E-state index in [1.165, 1.54) is 25.7 Å². The maximum atomic E-state index is 8.19. The van der Waals surface area contributed by atoms with Crippen LogP contribution in [0.2, 0.25) is 25.2 Å². The Morgan fingerprint density at radius 1 is 1.22 bits per heavy atom. The van der Waals surface area contributed by atoms with Gasteiger partial charge in [-0.05, 0) is 5.52 Å². The third-order valence-electron chi connectivity index (χ3n) is 2.27. The average Bonchev–Trinajstić information content (AvgIpc) is 2.13. The minimum atomic E-state index is -1.18. The quantitative estimate of drug-likeness (QED) is 0.494. The lowest BCUT2D eigenvalue weighted by Gasteiger charge is -2.23. The third-order valence-corrected chi connectivity index (χ3v) is 4.89. The number of rotatable bonds is 1. The molecule has 0 heterocycles. The highest BCUT2D eigenvalue weighted by atomic mass is 28.3. The fourth-order valence-electron chi connectivity index (χ4n) is 1.55. The summed E-state index contributed by atoms with van der Waals surface area (Å²) >= 11 is 0. The second-order valence-corrected chi connectivity index (χ2v) is 9.27. The van der Waals surface area contributed by atoms with E-state index in [4.69, 9.17) is 1.37 Å². The Balaban J connectivity index is 2.67. The van der Waals surface area contributed by atoms with Crippen LogP contribution >= 0.6 is 0 Å². The summed E-state index contributed by atoms with van der Waals surface area (Å²) in [6, 6.07) is 0. The van der Waals surface area contributed by atoms with Crippen molar-refractivity contribution in [1.82, 2.24) is 0 Å². The molecule has 0 aromatic heterocycles. The Kier molecular flexibility index (Phi) is 1.62. The molecule has 1 saturated carbocycles. The molecule has 0 unspecified atom stereocenters. The highest BCUT2D eigenvalue weighted by Crippen LogP contribution is 2.37. The van der Waals surface area contributed by atoms with Gasteiger partial charge in [0.1, 0.15) is 0 Å². The molecular formula is C8H18Si. The Bertz CT molecular complexity index is 120. The summed E-state index contributed by atoms with van der Waals surface area (Å²) in [5.74, 6) is 0. The van der Waals surface area contributed by atoms with E-state index in [1.807, 2.05) is 0 Å². The zero-order valence-corrected chi connectivity index (χ0v) is 7.83. The molecule has 1 fully saturated rings. The van der Waals surface area contributed by atoms with Crippen LogP contribution in [0.3, 0.4) is 0 Å². The molecule has 1 rings (SSSR count). The van der Waals surface area contributed by atoms with Gasteiger partial charge in [0.05, 0.1) is 0 Å². The maximum Gasteiger partial charge on any atom is 0.0473 e. The molecule has 0 amide bonds. The topological polar surface area (TPSA) is 0 Å². The van der Waals surface area contributed by atoms with Crippen LogP contribution in [-0.4, -0.2) is 8.07 Å². The molecule has 0 radical (unpaired) electrons. The van der Waals surface area contributed by atoms with Crippen molar-refractivity contribution >= 4 is 8.07 Å². The van der Waals surface area contributed by atoms with E-state index in [0.717, 1.165) is 0 Å². The first-order valence-corrected chi connectivity index (χ1v) is 7.46. The third kappa shape index (κ3) is 1.82. The minimum absolute atomic E-state index is 0.0208. The van der Waals surface area contributed by atoms with Gasteiger partial charge < -0.3 is 0 Å². The number of hydrogen-bond acceptors (Lipinski definition) is 0. The zero-order chi connectivity index (χ0) is 7.83. The molecule has 1 aliphatic rings. The SMILES string of the molecule is [2H]C1([Si](C)(C)C)CCCC1. The molecule has 0 aromatic rings. The van der Waals surface area contributed by atoms with Crippen molar-refractivity contribution in [2.75, 3.05) is 0 Å². The van der Waals surface area contributed by atoms with Gasteiger partial charge in [-0.15, -0.1) is 0 Å². The van der Waals surface area contributed by atoms with E-state index < -0.39 is 8.07 Å². The summed E-state index contributed by atoms with van der Waals surface area (Å²) in [6.07, 6.45) is 4.94. The van der Waals surface area contributed by atoms with Crippen molar-refractivity contribution in [3.05, 3.63) is 0 Å². The first-order chi connectivity index (χ1) is 4.46. The molecule has 9 heavy (non-hydrogen) atoms. The van der Waals surface area contributed by atoms with Gasteiger partial charge in [-0.3, -0.25) is 0 Å². The highest BCUT2D eigenvalue weighted by Gasteiger charge is 2.28. The molecule has 54 valence electrons. The Hall–Kier alpha value is 0.217. The van der Waals surface area contributed by atoms with Gasteiger partial charge in [0.2, 0.25) is 0 Å². The molecule has 0 spiro atoms. The van der Waals surface area contributed by atoms with Crippen LogP contribution < -0.4 is 0 Å². The molecule has 0 saturated heterocycles. The maximum absolute atomic E-state index is 8.19. The van der Waals surface area contributed by atoms with Gasteiger partial charge in [-0.25, -0.2) is 0 Å². The predicted octanol–water partition coefficient (Wildman–Crippen LogP) is 3.27. The molecule has 0 bridgehead atoms. The smallest absolute Gasteiger partial charge is 0.0473 e. The van der Waals surface area contributed by atoms with Crippen LogP contribution in [0.15, 0.2) is 0 Å². The molecule has 0 aliphatic heterocycles. The van der Waals surface area contributed by atoms with E-state index in [-0.39, 0.29) is 5.52 Å². The molecule has 1 heteroatoms. The van der Waals surface area contributed by atoms with Crippen molar-refractivity contribution in [2.45, 2.75) is 50.8 Å². The lowest BCUT2D eigenvalue weighted by atomic mass is 10.4. The second kappa shape index (κ2) is 2.45. The van der Waals surface area contributed by atoms with Gasteiger partial charge in [0.25, 0.3) is 0 Å². The van der Waals surface area contributed by atoms with Crippen molar-refractivity contribution in [3.63, 3.8) is 0 Å². The van der Waals surface area contributed by atoms with Gasteiger partial charge in [-0.2, -0.15) is 0 Å². The average molecular weight is 143 g/mol. The highest BCUT2D eigenvalue weighted by molar-refractivity contribution is 6.77. The summed E-state index contributed by atoms with van der Waals surface area (Å²) in [5.41, 5.74) is 0.0208. The lowest BCUT2D eigenvalue weighted by Crippen LogP contribution is -2.25. The Labute approximate surface area is 61.1 Å². The van der Waals surface area contributed by atoms with Gasteiger partial charge in [0.15, 0.2) is 0 Å². The first-order valence-electron chi connectivity index (χ1n) is 4.46. The Morgan fingerprint density at radius 3 is 1.89 bits per heavy atom. The molecule has 0 N–H and O–H groups in total. The monoisotopic (exact) mass is 143 g/mol. The fourth-order valence-corrected chi connectivity index (χ4v) is 3.41. The predicted molar refractivity (Wildman–Crippen MR) is 45.6 cm³/mol. The van der Waals surface area contributed by atoms with E-state index >= 15 is 0 Å². The standard InChI is InChI=1S/C8H18Si/c1-9(2,3)8-6-4-5-7-8/h8H,4-7H2,1-3H3/i8D.